The van der Waals surface area contributed by atoms with Gasteiger partial charge in [0.1, 0.15) is 0 Å². The van der Waals surface area contributed by atoms with E-state index in [0.29, 0.717) is 30.2 Å². The van der Waals surface area contributed by atoms with Crippen LogP contribution < -0.4 is 10.0 Å². The molecule has 1 heterocycles. The lowest BCUT2D eigenvalue weighted by atomic mass is 9.98. The minimum absolute atomic E-state index is 0.0366. The number of carbonyl (C=O) groups is 2. The number of rotatable bonds is 7. The fourth-order valence-electron chi connectivity index (χ4n) is 2.87. The highest BCUT2D eigenvalue weighted by atomic mass is 35.5. The van der Waals surface area contributed by atoms with Gasteiger partial charge in [0.15, 0.2) is 0 Å². The first-order chi connectivity index (χ1) is 12.2. The van der Waals surface area contributed by atoms with E-state index in [0.717, 1.165) is 19.1 Å². The fourth-order valence-corrected chi connectivity index (χ4v) is 3.54. The molecule has 1 aromatic carbocycles. The Morgan fingerprint density at radius 1 is 1.27 bits per heavy atom. The second-order valence-electron chi connectivity index (χ2n) is 6.48. The van der Waals surface area contributed by atoms with Crippen molar-refractivity contribution in [1.29, 1.82) is 0 Å². The van der Waals surface area contributed by atoms with Crippen molar-refractivity contribution in [2.75, 3.05) is 32.4 Å². The smallest absolute Gasteiger partial charge is 0.251 e. The number of hydrogen-bond acceptors (Lipinski definition) is 4. The summed E-state index contributed by atoms with van der Waals surface area (Å²) in [7, 11) is -3.22. The molecule has 0 spiro atoms. The zero-order chi connectivity index (χ0) is 19.2. The van der Waals surface area contributed by atoms with E-state index in [1.54, 1.807) is 29.2 Å². The Hall–Kier alpha value is -1.64. The minimum atomic E-state index is -3.22. The van der Waals surface area contributed by atoms with Gasteiger partial charge in [0, 0.05) is 43.2 Å². The van der Waals surface area contributed by atoms with Crippen LogP contribution in [0.25, 0.3) is 0 Å². The molecular formula is C17H24ClN3O4S. The molecule has 7 nitrogen and oxygen atoms in total. The van der Waals surface area contributed by atoms with Gasteiger partial charge in [-0.25, -0.2) is 13.1 Å². The van der Waals surface area contributed by atoms with Crippen LogP contribution in [-0.2, 0) is 14.8 Å². The maximum absolute atomic E-state index is 12.3. The van der Waals surface area contributed by atoms with Gasteiger partial charge in [0.25, 0.3) is 5.91 Å². The lowest BCUT2D eigenvalue weighted by Crippen LogP contribution is -2.44. The van der Waals surface area contributed by atoms with Crippen LogP contribution in [0.4, 0.5) is 0 Å². The van der Waals surface area contributed by atoms with Gasteiger partial charge in [-0.05, 0) is 43.0 Å². The SMILES string of the molecule is CS(=O)(=O)NCC1CCCN(C(=O)CCNC(=O)c2ccc(Cl)cc2)C1. The Morgan fingerprint density at radius 2 is 1.96 bits per heavy atom. The first-order valence-electron chi connectivity index (χ1n) is 8.51. The summed E-state index contributed by atoms with van der Waals surface area (Å²) in [6, 6.07) is 6.53. The number of benzene rings is 1. The molecule has 1 saturated heterocycles. The summed E-state index contributed by atoms with van der Waals surface area (Å²) in [5, 5.41) is 3.28. The van der Waals surface area contributed by atoms with Gasteiger partial charge < -0.3 is 10.2 Å². The van der Waals surface area contributed by atoms with Crippen molar-refractivity contribution in [3.8, 4) is 0 Å². The molecule has 9 heteroatoms. The Kier molecular flexibility index (Phi) is 7.43. The van der Waals surface area contributed by atoms with Crippen LogP contribution in [0.2, 0.25) is 5.02 Å². The summed E-state index contributed by atoms with van der Waals surface area (Å²) in [6.07, 6.45) is 3.08. The molecule has 0 aliphatic carbocycles. The van der Waals surface area contributed by atoms with Crippen LogP contribution >= 0.6 is 11.6 Å². The quantitative estimate of drug-likeness (QED) is 0.718. The zero-order valence-corrected chi connectivity index (χ0v) is 16.3. The van der Waals surface area contributed by atoms with Crippen LogP contribution in [0.1, 0.15) is 29.6 Å². The number of hydrogen-bond donors (Lipinski definition) is 2. The maximum atomic E-state index is 12.3. The predicted octanol–water partition coefficient (Wildman–Crippen LogP) is 1.25. The molecule has 0 bridgehead atoms. The topological polar surface area (TPSA) is 95.6 Å². The second kappa shape index (κ2) is 9.34. The summed E-state index contributed by atoms with van der Waals surface area (Å²) in [5.41, 5.74) is 0.492. The number of nitrogens with zero attached hydrogens (tertiary/aromatic N) is 1. The van der Waals surface area contributed by atoms with Crippen molar-refractivity contribution in [1.82, 2.24) is 14.9 Å². The van der Waals surface area contributed by atoms with Crippen molar-refractivity contribution in [2.45, 2.75) is 19.3 Å². The van der Waals surface area contributed by atoms with Gasteiger partial charge >= 0.3 is 0 Å². The van der Waals surface area contributed by atoms with Crippen LogP contribution in [0.15, 0.2) is 24.3 Å². The molecule has 0 aromatic heterocycles. The average Bonchev–Trinajstić information content (AvgIpc) is 2.60. The summed E-state index contributed by atoms with van der Waals surface area (Å²) >= 11 is 5.79. The lowest BCUT2D eigenvalue weighted by molar-refractivity contribution is -0.132. The highest BCUT2D eigenvalue weighted by Crippen LogP contribution is 2.16. The summed E-state index contributed by atoms with van der Waals surface area (Å²) in [5.74, 6) is -0.167. The summed E-state index contributed by atoms with van der Waals surface area (Å²) in [4.78, 5) is 26.1. The van der Waals surface area contributed by atoms with Gasteiger partial charge in [-0.15, -0.1) is 0 Å². The Balaban J connectivity index is 1.74. The van der Waals surface area contributed by atoms with Gasteiger partial charge in [0.2, 0.25) is 15.9 Å². The molecule has 2 amide bonds. The first kappa shape index (κ1) is 20.7. The third kappa shape index (κ3) is 6.93. The van der Waals surface area contributed by atoms with Crippen molar-refractivity contribution < 1.29 is 18.0 Å². The number of carbonyl (C=O) groups excluding carboxylic acids is 2. The number of likely N-dealkylation sites (tertiary alicyclic amines) is 1. The van der Waals surface area contributed by atoms with E-state index in [1.807, 2.05) is 0 Å². The molecule has 1 fully saturated rings. The van der Waals surface area contributed by atoms with E-state index in [9.17, 15) is 18.0 Å². The van der Waals surface area contributed by atoms with Crippen molar-refractivity contribution in [2.24, 2.45) is 5.92 Å². The molecule has 0 saturated carbocycles. The maximum Gasteiger partial charge on any atom is 0.251 e. The number of nitrogens with one attached hydrogen (secondary N) is 2. The zero-order valence-electron chi connectivity index (χ0n) is 14.7. The number of sulfonamides is 1. The van der Waals surface area contributed by atoms with Gasteiger partial charge in [-0.3, -0.25) is 9.59 Å². The molecule has 1 atom stereocenters. The molecule has 1 aliphatic rings. The standard InChI is InChI=1S/C17H24ClN3O4S/c1-26(24,25)20-11-13-3-2-10-21(12-13)16(22)8-9-19-17(23)14-4-6-15(18)7-5-14/h4-7,13,20H,2-3,8-12H2,1H3,(H,19,23). The highest BCUT2D eigenvalue weighted by molar-refractivity contribution is 7.88. The molecule has 0 radical (unpaired) electrons. The Labute approximate surface area is 159 Å². The van der Waals surface area contributed by atoms with Crippen LogP contribution in [0.3, 0.4) is 0 Å². The number of piperidine rings is 1. The Morgan fingerprint density at radius 3 is 2.62 bits per heavy atom. The molecule has 2 N–H and O–H groups in total. The molecular weight excluding hydrogens is 378 g/mol. The Bertz CT molecular complexity index is 737. The van der Waals surface area contributed by atoms with E-state index in [2.05, 4.69) is 10.0 Å². The lowest BCUT2D eigenvalue weighted by Gasteiger charge is -2.32. The third-order valence-corrected chi connectivity index (χ3v) is 5.18. The molecule has 1 unspecified atom stereocenters. The van der Waals surface area contributed by atoms with Gasteiger partial charge in [-0.1, -0.05) is 11.6 Å². The van der Waals surface area contributed by atoms with Gasteiger partial charge in [-0.2, -0.15) is 0 Å². The summed E-state index contributed by atoms with van der Waals surface area (Å²) in [6.45, 7) is 1.80. The monoisotopic (exact) mass is 401 g/mol. The number of halogens is 1. The van der Waals surface area contributed by atoms with Crippen LogP contribution in [0, 0.1) is 5.92 Å². The van der Waals surface area contributed by atoms with Crippen LogP contribution in [0.5, 0.6) is 0 Å². The first-order valence-corrected chi connectivity index (χ1v) is 10.8. The van der Waals surface area contributed by atoms with E-state index >= 15 is 0 Å². The van der Waals surface area contributed by atoms with E-state index in [-0.39, 0.29) is 30.7 Å². The van der Waals surface area contributed by atoms with Crippen molar-refractivity contribution in [3.05, 3.63) is 34.9 Å². The molecule has 1 aliphatic heterocycles. The largest absolute Gasteiger partial charge is 0.352 e. The number of amides is 2. The van der Waals surface area contributed by atoms with Crippen molar-refractivity contribution in [3.63, 3.8) is 0 Å². The normalized spacial score (nSPS) is 17.8. The second-order valence-corrected chi connectivity index (χ2v) is 8.75. The van der Waals surface area contributed by atoms with Gasteiger partial charge in [0.05, 0.1) is 6.26 Å². The molecule has 1 aromatic rings. The minimum Gasteiger partial charge on any atom is -0.352 e. The van der Waals surface area contributed by atoms with E-state index in [1.165, 1.54) is 0 Å². The molecule has 26 heavy (non-hydrogen) atoms. The fraction of sp³-hybridized carbons (Fsp3) is 0.529. The highest BCUT2D eigenvalue weighted by Gasteiger charge is 2.24. The van der Waals surface area contributed by atoms with Crippen LogP contribution in [-0.4, -0.2) is 57.6 Å². The van der Waals surface area contributed by atoms with E-state index < -0.39 is 10.0 Å². The summed E-state index contributed by atoms with van der Waals surface area (Å²) < 4.78 is 24.9. The van der Waals surface area contributed by atoms with Crippen molar-refractivity contribution >= 4 is 33.4 Å². The predicted molar refractivity (Wildman–Crippen MR) is 101 cm³/mol. The molecule has 2 rings (SSSR count). The van der Waals surface area contributed by atoms with E-state index in [4.69, 9.17) is 11.6 Å². The average molecular weight is 402 g/mol. The third-order valence-electron chi connectivity index (χ3n) is 4.24. The molecule has 144 valence electrons.